The summed E-state index contributed by atoms with van der Waals surface area (Å²) in [5.41, 5.74) is 0.619. The molecular weight excluding hydrogens is 448 g/mol. The molecule has 2 saturated heterocycles. The molecule has 5 rings (SSSR count). The van der Waals surface area contributed by atoms with E-state index in [-0.39, 0.29) is 24.6 Å². The van der Waals surface area contributed by atoms with Gasteiger partial charge in [0.25, 0.3) is 5.91 Å². The first-order valence-electron chi connectivity index (χ1n) is 13.2. The second-order valence-electron chi connectivity index (χ2n) is 9.98. The molecular formula is C26H38N4O5. The summed E-state index contributed by atoms with van der Waals surface area (Å²) in [7, 11) is 0. The number of hydrogen-bond acceptors (Lipinski definition) is 7. The van der Waals surface area contributed by atoms with Crippen LogP contribution in [0, 0.1) is 5.92 Å². The van der Waals surface area contributed by atoms with E-state index in [4.69, 9.17) is 14.2 Å². The average molecular weight is 487 g/mol. The highest BCUT2D eigenvalue weighted by atomic mass is 16.7. The van der Waals surface area contributed by atoms with Gasteiger partial charge in [0.15, 0.2) is 11.5 Å². The number of fused-ring (bicyclic) bond motifs is 1. The highest BCUT2D eigenvalue weighted by Gasteiger charge is 2.37. The predicted molar refractivity (Wildman–Crippen MR) is 131 cm³/mol. The molecule has 0 spiro atoms. The SMILES string of the molecule is O=C(NCCCN1CCOCC1)C(C1CCCC1)N1CCN(C(=O)c2ccc3c(c2)OCO3)CC1. The zero-order chi connectivity index (χ0) is 24.0. The summed E-state index contributed by atoms with van der Waals surface area (Å²) in [5.74, 6) is 1.88. The summed E-state index contributed by atoms with van der Waals surface area (Å²) in [4.78, 5) is 33.0. The minimum Gasteiger partial charge on any atom is -0.454 e. The van der Waals surface area contributed by atoms with Gasteiger partial charge in [-0.25, -0.2) is 0 Å². The summed E-state index contributed by atoms with van der Waals surface area (Å²) in [5, 5.41) is 3.24. The zero-order valence-corrected chi connectivity index (χ0v) is 20.6. The van der Waals surface area contributed by atoms with Crippen molar-refractivity contribution in [1.82, 2.24) is 20.0 Å². The van der Waals surface area contributed by atoms with Gasteiger partial charge in [-0.05, 0) is 49.9 Å². The monoisotopic (exact) mass is 486 g/mol. The van der Waals surface area contributed by atoms with Crippen LogP contribution < -0.4 is 14.8 Å². The number of piperazine rings is 1. The van der Waals surface area contributed by atoms with Crippen molar-refractivity contribution >= 4 is 11.8 Å². The molecule has 1 aromatic carbocycles. The molecule has 1 N–H and O–H groups in total. The van der Waals surface area contributed by atoms with Crippen molar-refractivity contribution in [1.29, 1.82) is 0 Å². The Labute approximate surface area is 207 Å². The molecule has 3 fully saturated rings. The molecule has 1 unspecified atom stereocenters. The minimum atomic E-state index is -0.0938. The minimum absolute atomic E-state index is 0.00734. The molecule has 4 aliphatic rings. The Balaban J connectivity index is 1.13. The lowest BCUT2D eigenvalue weighted by Crippen LogP contribution is -2.58. The first-order valence-corrected chi connectivity index (χ1v) is 13.2. The molecule has 0 bridgehead atoms. The zero-order valence-electron chi connectivity index (χ0n) is 20.6. The Hall–Kier alpha value is -2.36. The van der Waals surface area contributed by atoms with Gasteiger partial charge in [0.05, 0.1) is 19.3 Å². The van der Waals surface area contributed by atoms with Gasteiger partial charge in [-0.1, -0.05) is 12.8 Å². The Morgan fingerprint density at radius 3 is 2.49 bits per heavy atom. The maximum Gasteiger partial charge on any atom is 0.254 e. The number of amides is 2. The van der Waals surface area contributed by atoms with E-state index in [9.17, 15) is 9.59 Å². The number of rotatable bonds is 8. The van der Waals surface area contributed by atoms with Crippen LogP contribution in [-0.2, 0) is 9.53 Å². The van der Waals surface area contributed by atoms with E-state index >= 15 is 0 Å². The van der Waals surface area contributed by atoms with Gasteiger partial charge in [-0.3, -0.25) is 19.4 Å². The van der Waals surface area contributed by atoms with Crippen molar-refractivity contribution in [3.8, 4) is 11.5 Å². The maximum absolute atomic E-state index is 13.3. The van der Waals surface area contributed by atoms with Crippen LogP contribution in [0.5, 0.6) is 11.5 Å². The smallest absolute Gasteiger partial charge is 0.254 e. The molecule has 0 aromatic heterocycles. The number of benzene rings is 1. The largest absolute Gasteiger partial charge is 0.454 e. The molecule has 1 atom stereocenters. The van der Waals surface area contributed by atoms with Crippen molar-refractivity contribution in [2.24, 2.45) is 5.92 Å². The number of carbonyl (C=O) groups is 2. The summed E-state index contributed by atoms with van der Waals surface area (Å²) in [6, 6.07) is 5.27. The van der Waals surface area contributed by atoms with E-state index < -0.39 is 0 Å². The predicted octanol–water partition coefficient (Wildman–Crippen LogP) is 1.57. The average Bonchev–Trinajstić information content (AvgIpc) is 3.59. The number of hydrogen-bond donors (Lipinski definition) is 1. The van der Waals surface area contributed by atoms with E-state index in [0.29, 0.717) is 42.6 Å². The summed E-state index contributed by atoms with van der Waals surface area (Å²) < 4.78 is 16.2. The van der Waals surface area contributed by atoms with Gasteiger partial charge in [0, 0.05) is 51.4 Å². The molecule has 192 valence electrons. The van der Waals surface area contributed by atoms with Crippen LogP contribution >= 0.6 is 0 Å². The van der Waals surface area contributed by atoms with Crippen LogP contribution in [0.1, 0.15) is 42.5 Å². The fourth-order valence-corrected chi connectivity index (χ4v) is 5.81. The maximum atomic E-state index is 13.3. The molecule has 9 heteroatoms. The standard InChI is InChI=1S/C26H38N4O5/c31-25(27-8-3-9-28-14-16-33-17-15-28)24(20-4-1-2-5-20)29-10-12-30(13-11-29)26(32)21-6-7-22-23(18-21)35-19-34-22/h6-7,18,20,24H,1-5,8-17,19H2,(H,27,31). The molecule has 1 aromatic rings. The van der Waals surface area contributed by atoms with Crippen LogP contribution in [0.3, 0.4) is 0 Å². The molecule has 1 saturated carbocycles. The van der Waals surface area contributed by atoms with Gasteiger partial charge in [0.1, 0.15) is 0 Å². The highest BCUT2D eigenvalue weighted by molar-refractivity contribution is 5.95. The van der Waals surface area contributed by atoms with Crippen molar-refractivity contribution < 1.29 is 23.8 Å². The fourth-order valence-electron chi connectivity index (χ4n) is 5.81. The van der Waals surface area contributed by atoms with Crippen LogP contribution in [0.4, 0.5) is 0 Å². The van der Waals surface area contributed by atoms with Gasteiger partial charge in [-0.15, -0.1) is 0 Å². The molecule has 9 nitrogen and oxygen atoms in total. The summed E-state index contributed by atoms with van der Waals surface area (Å²) >= 11 is 0. The molecule has 35 heavy (non-hydrogen) atoms. The van der Waals surface area contributed by atoms with Crippen LogP contribution in [-0.4, -0.2) is 105 Å². The van der Waals surface area contributed by atoms with Crippen molar-refractivity contribution in [3.63, 3.8) is 0 Å². The van der Waals surface area contributed by atoms with Gasteiger partial charge in [-0.2, -0.15) is 0 Å². The topological polar surface area (TPSA) is 83.6 Å². The van der Waals surface area contributed by atoms with E-state index in [2.05, 4.69) is 15.1 Å². The van der Waals surface area contributed by atoms with E-state index in [1.807, 2.05) is 4.90 Å². The lowest BCUT2D eigenvalue weighted by Gasteiger charge is -2.40. The van der Waals surface area contributed by atoms with Crippen LogP contribution in [0.2, 0.25) is 0 Å². The molecule has 3 aliphatic heterocycles. The third kappa shape index (κ3) is 5.90. The second-order valence-corrected chi connectivity index (χ2v) is 9.98. The van der Waals surface area contributed by atoms with E-state index in [1.54, 1.807) is 18.2 Å². The third-order valence-corrected chi connectivity index (χ3v) is 7.78. The molecule has 1 aliphatic carbocycles. The number of nitrogens with one attached hydrogen (secondary N) is 1. The number of nitrogens with zero attached hydrogens (tertiary/aromatic N) is 3. The van der Waals surface area contributed by atoms with Gasteiger partial charge >= 0.3 is 0 Å². The normalized spacial score (nSPS) is 22.3. The highest BCUT2D eigenvalue weighted by Crippen LogP contribution is 2.33. The number of morpholine rings is 1. The van der Waals surface area contributed by atoms with E-state index in [1.165, 1.54) is 12.8 Å². The Bertz CT molecular complexity index is 876. The first-order chi connectivity index (χ1) is 17.2. The Morgan fingerprint density at radius 2 is 1.71 bits per heavy atom. The van der Waals surface area contributed by atoms with Gasteiger partial charge in [0.2, 0.25) is 12.7 Å². The van der Waals surface area contributed by atoms with Crippen LogP contribution in [0.25, 0.3) is 0 Å². The van der Waals surface area contributed by atoms with E-state index in [0.717, 1.165) is 65.2 Å². The number of ether oxygens (including phenoxy) is 3. The Morgan fingerprint density at radius 1 is 0.971 bits per heavy atom. The van der Waals surface area contributed by atoms with Gasteiger partial charge < -0.3 is 24.4 Å². The first kappa shape index (κ1) is 24.3. The lowest BCUT2D eigenvalue weighted by molar-refractivity contribution is -0.129. The van der Waals surface area contributed by atoms with Crippen molar-refractivity contribution in [2.75, 3.05) is 72.4 Å². The van der Waals surface area contributed by atoms with Crippen LogP contribution in [0.15, 0.2) is 18.2 Å². The molecule has 2 amide bonds. The summed E-state index contributed by atoms with van der Waals surface area (Å²) in [6.07, 6.45) is 5.59. The molecule has 0 radical (unpaired) electrons. The second kappa shape index (κ2) is 11.6. The third-order valence-electron chi connectivity index (χ3n) is 7.78. The molecule has 3 heterocycles. The van der Waals surface area contributed by atoms with Crippen molar-refractivity contribution in [2.45, 2.75) is 38.1 Å². The summed E-state index contributed by atoms with van der Waals surface area (Å²) in [6.45, 7) is 8.17. The number of carbonyl (C=O) groups excluding carboxylic acids is 2. The Kier molecular flexibility index (Phi) is 8.06. The lowest BCUT2D eigenvalue weighted by atomic mass is 9.95. The van der Waals surface area contributed by atoms with Crippen molar-refractivity contribution in [3.05, 3.63) is 23.8 Å². The fraction of sp³-hybridized carbons (Fsp3) is 0.692. The quantitative estimate of drug-likeness (QED) is 0.559.